The first-order valence-electron chi connectivity index (χ1n) is 8.81. The minimum atomic E-state index is -0.974. The van der Waals surface area contributed by atoms with Crippen LogP contribution in [0.1, 0.15) is 51.4 Å². The summed E-state index contributed by atoms with van der Waals surface area (Å²) in [7, 11) is 0. The fourth-order valence-electron chi connectivity index (χ4n) is 5.85. The van der Waals surface area contributed by atoms with Gasteiger partial charge < -0.3 is 5.11 Å². The Morgan fingerprint density at radius 1 is 1.00 bits per heavy atom. The SMILES string of the molecule is O=C(O)CCCN1C(=O)C(=O)N(C23CC4CC(CC(C4)C2)C3)C1=O. The van der Waals surface area contributed by atoms with Crippen LogP contribution in [0.2, 0.25) is 0 Å². The highest BCUT2D eigenvalue weighted by Crippen LogP contribution is 2.58. The van der Waals surface area contributed by atoms with Crippen LogP contribution >= 0.6 is 0 Å². The first kappa shape index (κ1) is 15.6. The van der Waals surface area contributed by atoms with Gasteiger partial charge in [-0.1, -0.05) is 0 Å². The van der Waals surface area contributed by atoms with E-state index in [0.29, 0.717) is 17.8 Å². The van der Waals surface area contributed by atoms with Crippen LogP contribution in [0.15, 0.2) is 0 Å². The van der Waals surface area contributed by atoms with Crippen LogP contribution < -0.4 is 0 Å². The molecule has 0 atom stereocenters. The molecule has 1 aliphatic heterocycles. The van der Waals surface area contributed by atoms with E-state index in [1.165, 1.54) is 24.2 Å². The molecule has 5 rings (SSSR count). The van der Waals surface area contributed by atoms with Crippen LogP contribution in [0, 0.1) is 17.8 Å². The average Bonchev–Trinajstić information content (AvgIpc) is 2.69. The van der Waals surface area contributed by atoms with E-state index in [1.54, 1.807) is 0 Å². The summed E-state index contributed by atoms with van der Waals surface area (Å²) in [5.41, 5.74) is -0.472. The molecule has 24 heavy (non-hydrogen) atoms. The number of aliphatic carboxylic acids is 1. The molecule has 5 fully saturated rings. The minimum Gasteiger partial charge on any atom is -0.481 e. The van der Waals surface area contributed by atoms with Gasteiger partial charge in [0.15, 0.2) is 0 Å². The zero-order valence-electron chi connectivity index (χ0n) is 13.6. The fraction of sp³-hybridized carbons (Fsp3) is 0.765. The van der Waals surface area contributed by atoms with Crippen molar-refractivity contribution in [2.75, 3.05) is 6.54 Å². The monoisotopic (exact) mass is 334 g/mol. The molecule has 4 aliphatic carbocycles. The first-order valence-corrected chi connectivity index (χ1v) is 8.81. The van der Waals surface area contributed by atoms with Crippen molar-refractivity contribution in [1.82, 2.24) is 9.80 Å². The molecule has 1 N–H and O–H groups in total. The van der Waals surface area contributed by atoms with Gasteiger partial charge in [-0.15, -0.1) is 0 Å². The van der Waals surface area contributed by atoms with Crippen LogP contribution in [0.3, 0.4) is 0 Å². The van der Waals surface area contributed by atoms with Crippen molar-refractivity contribution in [3.05, 3.63) is 0 Å². The van der Waals surface area contributed by atoms with Crippen molar-refractivity contribution in [3.8, 4) is 0 Å². The van der Waals surface area contributed by atoms with Crippen LogP contribution in [0.4, 0.5) is 4.79 Å². The van der Waals surface area contributed by atoms with Crippen LogP contribution in [0.5, 0.6) is 0 Å². The molecule has 0 radical (unpaired) electrons. The van der Waals surface area contributed by atoms with Crippen molar-refractivity contribution in [2.45, 2.75) is 56.9 Å². The Balaban J connectivity index is 1.55. The second-order valence-electron chi connectivity index (χ2n) is 8.02. The van der Waals surface area contributed by atoms with Gasteiger partial charge in [0, 0.05) is 13.0 Å². The number of urea groups is 1. The number of imide groups is 2. The molecule has 4 amide bonds. The summed E-state index contributed by atoms with van der Waals surface area (Å²) in [6, 6.07) is -0.530. The number of nitrogens with zero attached hydrogens (tertiary/aromatic N) is 2. The van der Waals surface area contributed by atoms with Gasteiger partial charge in [0.2, 0.25) is 0 Å². The topological polar surface area (TPSA) is 95.0 Å². The van der Waals surface area contributed by atoms with Gasteiger partial charge in [0.25, 0.3) is 0 Å². The predicted octanol–water partition coefficient (Wildman–Crippen LogP) is 1.61. The summed E-state index contributed by atoms with van der Waals surface area (Å²) >= 11 is 0. The zero-order valence-corrected chi connectivity index (χ0v) is 13.6. The maximum absolute atomic E-state index is 12.8. The van der Waals surface area contributed by atoms with E-state index < -0.39 is 29.4 Å². The number of amides is 4. The summed E-state index contributed by atoms with van der Waals surface area (Å²) in [5, 5.41) is 8.71. The lowest BCUT2D eigenvalue weighted by Gasteiger charge is -2.58. The van der Waals surface area contributed by atoms with Crippen LogP contribution in [0.25, 0.3) is 0 Å². The highest BCUT2D eigenvalue weighted by molar-refractivity contribution is 6.44. The standard InChI is InChI=1S/C17H22N2O5/c20-13(21)2-1-3-18-14(22)15(23)19(16(18)24)17-7-10-4-11(8-17)6-12(5-10)9-17/h10-12H,1-9H2,(H,20,21). The highest BCUT2D eigenvalue weighted by Gasteiger charge is 2.60. The zero-order chi connectivity index (χ0) is 17.1. The number of hydrogen-bond donors (Lipinski definition) is 1. The second kappa shape index (κ2) is 5.29. The Bertz CT molecular complexity index is 593. The normalized spacial score (nSPS) is 37.7. The fourth-order valence-corrected chi connectivity index (χ4v) is 5.85. The number of carbonyl (C=O) groups excluding carboxylic acids is 3. The second-order valence-corrected chi connectivity index (χ2v) is 8.02. The minimum absolute atomic E-state index is 0.00142. The molecule has 0 unspecified atom stereocenters. The number of hydrogen-bond acceptors (Lipinski definition) is 4. The highest BCUT2D eigenvalue weighted by atomic mass is 16.4. The molecule has 130 valence electrons. The van der Waals surface area contributed by atoms with E-state index in [9.17, 15) is 19.2 Å². The lowest BCUT2D eigenvalue weighted by atomic mass is 9.52. The number of carboxylic acid groups (broad SMARTS) is 1. The van der Waals surface area contributed by atoms with Gasteiger partial charge >= 0.3 is 23.8 Å². The third kappa shape index (κ3) is 2.24. The average molecular weight is 334 g/mol. The van der Waals surface area contributed by atoms with Crippen molar-refractivity contribution in [2.24, 2.45) is 17.8 Å². The Labute approximate surface area is 140 Å². The molecular formula is C17H22N2O5. The maximum Gasteiger partial charge on any atom is 0.334 e. The molecule has 4 saturated carbocycles. The largest absolute Gasteiger partial charge is 0.481 e. The van der Waals surface area contributed by atoms with Gasteiger partial charge in [0.05, 0.1) is 5.54 Å². The van der Waals surface area contributed by atoms with Crippen molar-refractivity contribution in [3.63, 3.8) is 0 Å². The summed E-state index contributed by atoms with van der Waals surface area (Å²) < 4.78 is 0. The van der Waals surface area contributed by atoms with Gasteiger partial charge in [0.1, 0.15) is 0 Å². The molecule has 0 aromatic rings. The molecule has 1 heterocycles. The van der Waals surface area contributed by atoms with Crippen molar-refractivity contribution >= 4 is 23.8 Å². The smallest absolute Gasteiger partial charge is 0.334 e. The van der Waals surface area contributed by atoms with E-state index in [2.05, 4.69) is 0 Å². The Morgan fingerprint density at radius 2 is 1.54 bits per heavy atom. The third-order valence-corrected chi connectivity index (χ3v) is 6.31. The molecule has 1 saturated heterocycles. The molecule has 0 spiro atoms. The summed E-state index contributed by atoms with van der Waals surface area (Å²) in [6.07, 6.45) is 6.09. The van der Waals surface area contributed by atoms with Crippen LogP contribution in [-0.4, -0.2) is 50.8 Å². The van der Waals surface area contributed by atoms with E-state index in [4.69, 9.17) is 5.11 Å². The molecule has 0 aromatic carbocycles. The van der Waals surface area contributed by atoms with E-state index >= 15 is 0 Å². The molecule has 0 aromatic heterocycles. The van der Waals surface area contributed by atoms with Crippen LogP contribution in [-0.2, 0) is 14.4 Å². The molecule has 4 bridgehead atoms. The van der Waals surface area contributed by atoms with E-state index in [1.807, 2.05) is 0 Å². The van der Waals surface area contributed by atoms with Gasteiger partial charge in [-0.2, -0.15) is 0 Å². The lowest BCUT2D eigenvalue weighted by molar-refractivity contribution is -0.150. The predicted molar refractivity (Wildman–Crippen MR) is 81.7 cm³/mol. The van der Waals surface area contributed by atoms with E-state index in [0.717, 1.165) is 24.2 Å². The Kier molecular flexibility index (Phi) is 3.44. The number of carboxylic acids is 1. The Morgan fingerprint density at radius 3 is 2.04 bits per heavy atom. The van der Waals surface area contributed by atoms with Gasteiger partial charge in [-0.3, -0.25) is 19.3 Å². The third-order valence-electron chi connectivity index (χ3n) is 6.31. The summed E-state index contributed by atoms with van der Waals surface area (Å²) in [4.78, 5) is 50.4. The first-order chi connectivity index (χ1) is 11.4. The molecular weight excluding hydrogens is 312 g/mol. The Hall–Kier alpha value is -1.92. The maximum atomic E-state index is 12.8. The van der Waals surface area contributed by atoms with Gasteiger partial charge in [-0.05, 0) is 62.7 Å². The van der Waals surface area contributed by atoms with Crippen molar-refractivity contribution < 1.29 is 24.3 Å². The van der Waals surface area contributed by atoms with E-state index in [-0.39, 0.29) is 19.4 Å². The molecule has 7 heteroatoms. The lowest BCUT2D eigenvalue weighted by Crippen LogP contribution is -2.62. The molecule has 7 nitrogen and oxygen atoms in total. The van der Waals surface area contributed by atoms with Gasteiger partial charge in [-0.25, -0.2) is 9.69 Å². The number of rotatable bonds is 5. The summed E-state index contributed by atoms with van der Waals surface area (Å²) in [6.45, 7) is -0.00142. The number of carbonyl (C=O) groups is 4. The summed E-state index contributed by atoms with van der Waals surface area (Å²) in [5.74, 6) is -0.786. The molecule has 5 aliphatic rings. The van der Waals surface area contributed by atoms with Crippen molar-refractivity contribution in [1.29, 1.82) is 0 Å². The quantitative estimate of drug-likeness (QED) is 0.609.